The number of halogens is 2. The van der Waals surface area contributed by atoms with E-state index in [2.05, 4.69) is 47.4 Å². The first-order valence-electron chi connectivity index (χ1n) is 8.15. The monoisotopic (exact) mass is 352 g/mol. The first-order valence-corrected chi connectivity index (χ1v) is 11.9. The fraction of sp³-hybridized carbons (Fsp3) is 0.882. The summed E-state index contributed by atoms with van der Waals surface area (Å²) in [6.07, 6.45) is 7.46. The molecule has 0 aromatic heterocycles. The first-order chi connectivity index (χ1) is 9.56. The Labute approximate surface area is 143 Å². The number of unbranched alkanes of at least 4 members (excludes halogenated alkanes) is 3. The van der Waals surface area contributed by atoms with Crippen molar-refractivity contribution in [3.05, 3.63) is 12.7 Å². The third-order valence-electron chi connectivity index (χ3n) is 4.46. The van der Waals surface area contributed by atoms with E-state index in [4.69, 9.17) is 27.6 Å². The van der Waals surface area contributed by atoms with Crippen molar-refractivity contribution in [2.45, 2.75) is 94.8 Å². The van der Waals surface area contributed by atoms with Crippen molar-refractivity contribution in [3.63, 3.8) is 0 Å². The van der Waals surface area contributed by atoms with Gasteiger partial charge < -0.3 is 4.43 Å². The van der Waals surface area contributed by atoms with Crippen LogP contribution >= 0.6 is 23.2 Å². The van der Waals surface area contributed by atoms with E-state index >= 15 is 0 Å². The van der Waals surface area contributed by atoms with Gasteiger partial charge in [0.05, 0.1) is 16.9 Å². The summed E-state index contributed by atoms with van der Waals surface area (Å²) in [5, 5.41) is -0.107. The van der Waals surface area contributed by atoms with Crippen LogP contribution in [0.15, 0.2) is 12.7 Å². The van der Waals surface area contributed by atoms with Crippen LogP contribution in [-0.2, 0) is 4.43 Å². The van der Waals surface area contributed by atoms with E-state index < -0.39 is 8.32 Å². The van der Waals surface area contributed by atoms with Crippen LogP contribution in [0.1, 0.15) is 59.8 Å². The zero-order valence-electron chi connectivity index (χ0n) is 14.7. The SMILES string of the molecule is C=C[C@H](O[Si](C)(C)C(C)(C)C)[C@H](Cl)[C@H](Cl)CCCCCC. The molecule has 0 fully saturated rings. The molecular formula is C17H34Cl2OSi. The summed E-state index contributed by atoms with van der Waals surface area (Å²) in [6, 6.07) is 0. The van der Waals surface area contributed by atoms with Crippen molar-refractivity contribution in [1.82, 2.24) is 0 Å². The normalized spacial score (nSPS) is 17.3. The molecule has 0 spiro atoms. The lowest BCUT2D eigenvalue weighted by atomic mass is 10.1. The van der Waals surface area contributed by atoms with Gasteiger partial charge in [-0.2, -0.15) is 0 Å². The number of hydrogen-bond donors (Lipinski definition) is 0. The molecule has 0 radical (unpaired) electrons. The van der Waals surface area contributed by atoms with E-state index in [1.54, 1.807) is 0 Å². The second-order valence-corrected chi connectivity index (χ2v) is 13.2. The second-order valence-electron chi connectivity index (χ2n) is 7.39. The highest BCUT2D eigenvalue weighted by Gasteiger charge is 2.40. The van der Waals surface area contributed by atoms with Crippen molar-refractivity contribution in [2.75, 3.05) is 0 Å². The second kappa shape index (κ2) is 9.59. The van der Waals surface area contributed by atoms with E-state index in [-0.39, 0.29) is 21.9 Å². The lowest BCUT2D eigenvalue weighted by Crippen LogP contribution is -2.47. The summed E-state index contributed by atoms with van der Waals surface area (Å²) < 4.78 is 6.37. The standard InChI is InChI=1S/C17H34Cl2OSi/c1-8-10-11-12-13-14(18)16(19)15(9-2)20-21(6,7)17(3,4)5/h9,14-16H,2,8,10-13H2,1,3-7H3/t14-,15+,16-/m1/s1. The highest BCUT2D eigenvalue weighted by atomic mass is 35.5. The van der Waals surface area contributed by atoms with Crippen molar-refractivity contribution in [3.8, 4) is 0 Å². The Hall–Kier alpha value is 0.497. The molecule has 0 saturated carbocycles. The van der Waals surface area contributed by atoms with E-state index in [9.17, 15) is 0 Å². The minimum atomic E-state index is -1.86. The topological polar surface area (TPSA) is 9.23 Å². The Kier molecular flexibility index (Phi) is 9.82. The maximum atomic E-state index is 6.56. The maximum absolute atomic E-state index is 6.56. The minimum Gasteiger partial charge on any atom is -0.409 e. The van der Waals surface area contributed by atoms with Crippen molar-refractivity contribution >= 4 is 31.5 Å². The minimum absolute atomic E-state index is 0.0590. The summed E-state index contributed by atoms with van der Waals surface area (Å²) in [4.78, 5) is 0. The number of alkyl halides is 2. The number of rotatable bonds is 10. The van der Waals surface area contributed by atoms with Crippen LogP contribution in [0.4, 0.5) is 0 Å². The van der Waals surface area contributed by atoms with E-state index in [0.29, 0.717) is 0 Å². The molecule has 0 amide bonds. The smallest absolute Gasteiger partial charge is 0.192 e. The van der Waals surface area contributed by atoms with Crippen LogP contribution in [0.3, 0.4) is 0 Å². The largest absolute Gasteiger partial charge is 0.409 e. The van der Waals surface area contributed by atoms with Crippen LogP contribution in [0, 0.1) is 0 Å². The van der Waals surface area contributed by atoms with Crippen molar-refractivity contribution in [1.29, 1.82) is 0 Å². The molecule has 1 nitrogen and oxygen atoms in total. The highest BCUT2D eigenvalue weighted by Crippen LogP contribution is 2.38. The third-order valence-corrected chi connectivity index (χ3v) is 10.1. The van der Waals surface area contributed by atoms with Crippen molar-refractivity contribution < 1.29 is 4.43 Å². The van der Waals surface area contributed by atoms with E-state index in [1.165, 1.54) is 19.3 Å². The summed E-state index contributed by atoms with van der Waals surface area (Å²) in [5.74, 6) is 0. The predicted molar refractivity (Wildman–Crippen MR) is 100 cm³/mol. The molecule has 3 atom stereocenters. The molecule has 0 aromatic rings. The first kappa shape index (κ1) is 21.5. The molecule has 4 heteroatoms. The van der Waals surface area contributed by atoms with Gasteiger partial charge in [-0.1, -0.05) is 59.5 Å². The molecule has 21 heavy (non-hydrogen) atoms. The summed E-state index contributed by atoms with van der Waals surface area (Å²) >= 11 is 13.0. The van der Waals surface area contributed by atoms with Gasteiger partial charge in [-0.3, -0.25) is 0 Å². The van der Waals surface area contributed by atoms with Gasteiger partial charge in [-0.25, -0.2) is 0 Å². The van der Waals surface area contributed by atoms with Gasteiger partial charge in [0.2, 0.25) is 0 Å². The van der Waals surface area contributed by atoms with E-state index in [0.717, 1.165) is 12.8 Å². The average molecular weight is 353 g/mol. The molecule has 0 N–H and O–H groups in total. The maximum Gasteiger partial charge on any atom is 0.192 e. The Bertz CT molecular complexity index is 300. The Morgan fingerprint density at radius 3 is 2.14 bits per heavy atom. The molecule has 126 valence electrons. The van der Waals surface area contributed by atoms with Gasteiger partial charge in [-0.05, 0) is 24.6 Å². The molecule has 0 aromatic carbocycles. The van der Waals surface area contributed by atoms with Gasteiger partial charge in [0.25, 0.3) is 0 Å². The number of hydrogen-bond acceptors (Lipinski definition) is 1. The van der Waals surface area contributed by atoms with Crippen LogP contribution in [0.5, 0.6) is 0 Å². The Morgan fingerprint density at radius 1 is 1.14 bits per heavy atom. The third kappa shape index (κ3) is 7.54. The Balaban J connectivity index is 4.54. The molecule has 0 aliphatic heterocycles. The van der Waals surface area contributed by atoms with Gasteiger partial charge in [0.15, 0.2) is 8.32 Å². The van der Waals surface area contributed by atoms with Gasteiger partial charge >= 0.3 is 0 Å². The summed E-state index contributed by atoms with van der Waals surface area (Å²) in [6.45, 7) is 17.3. The fourth-order valence-corrected chi connectivity index (χ4v) is 3.83. The van der Waals surface area contributed by atoms with Gasteiger partial charge in [-0.15, -0.1) is 29.8 Å². The molecule has 0 aliphatic rings. The predicted octanol–water partition coefficient (Wildman–Crippen LogP) is 6.75. The van der Waals surface area contributed by atoms with Crippen LogP contribution in [-0.4, -0.2) is 25.2 Å². The zero-order chi connectivity index (χ0) is 16.7. The van der Waals surface area contributed by atoms with Crippen LogP contribution < -0.4 is 0 Å². The quantitative estimate of drug-likeness (QED) is 0.183. The summed E-state index contributed by atoms with van der Waals surface area (Å²) in [5.41, 5.74) is 0. The molecule has 0 rings (SSSR count). The van der Waals surface area contributed by atoms with Gasteiger partial charge in [0, 0.05) is 0 Å². The lowest BCUT2D eigenvalue weighted by molar-refractivity contribution is 0.216. The molecule has 0 saturated heterocycles. The molecule has 0 aliphatic carbocycles. The molecule has 0 heterocycles. The Morgan fingerprint density at radius 2 is 1.71 bits per heavy atom. The van der Waals surface area contributed by atoms with E-state index in [1.807, 2.05) is 6.08 Å². The van der Waals surface area contributed by atoms with Crippen LogP contribution in [0.25, 0.3) is 0 Å². The summed E-state index contributed by atoms with van der Waals surface area (Å²) in [7, 11) is -1.86. The van der Waals surface area contributed by atoms with Crippen LogP contribution in [0.2, 0.25) is 18.1 Å². The zero-order valence-corrected chi connectivity index (χ0v) is 17.2. The van der Waals surface area contributed by atoms with Gasteiger partial charge in [0.1, 0.15) is 0 Å². The average Bonchev–Trinajstić information content (AvgIpc) is 2.38. The molecular weight excluding hydrogens is 319 g/mol. The lowest BCUT2D eigenvalue weighted by Gasteiger charge is -2.40. The molecule has 0 bridgehead atoms. The molecule has 0 unspecified atom stereocenters. The highest BCUT2D eigenvalue weighted by molar-refractivity contribution is 6.74. The van der Waals surface area contributed by atoms with Crippen molar-refractivity contribution in [2.24, 2.45) is 0 Å². The fourth-order valence-electron chi connectivity index (χ4n) is 1.89.